The van der Waals surface area contributed by atoms with E-state index in [9.17, 15) is 0 Å². The lowest BCUT2D eigenvalue weighted by Crippen LogP contribution is -1.89. The van der Waals surface area contributed by atoms with Crippen molar-refractivity contribution < 1.29 is 4.52 Å². The van der Waals surface area contributed by atoms with Gasteiger partial charge in [-0.05, 0) is 24.8 Å². The Morgan fingerprint density at radius 3 is 3.00 bits per heavy atom. The van der Waals surface area contributed by atoms with E-state index in [0.717, 1.165) is 30.7 Å². The van der Waals surface area contributed by atoms with E-state index < -0.39 is 0 Å². The highest BCUT2D eigenvalue weighted by molar-refractivity contribution is 6.17. The van der Waals surface area contributed by atoms with Crippen LogP contribution in [0.25, 0.3) is 11.3 Å². The van der Waals surface area contributed by atoms with Crippen LogP contribution in [0.15, 0.2) is 28.8 Å². The summed E-state index contributed by atoms with van der Waals surface area (Å²) in [7, 11) is 0. The van der Waals surface area contributed by atoms with Gasteiger partial charge in [0.15, 0.2) is 5.76 Å². The van der Waals surface area contributed by atoms with Gasteiger partial charge < -0.3 is 4.52 Å². The zero-order valence-corrected chi connectivity index (χ0v) is 9.63. The summed E-state index contributed by atoms with van der Waals surface area (Å²) < 4.78 is 5.45. The van der Waals surface area contributed by atoms with Gasteiger partial charge in [0, 0.05) is 11.1 Å². The van der Waals surface area contributed by atoms with Crippen molar-refractivity contribution in [2.75, 3.05) is 0 Å². The molecule has 1 aromatic carbocycles. The minimum absolute atomic E-state index is 0.432. The fourth-order valence-corrected chi connectivity index (χ4v) is 2.54. The van der Waals surface area contributed by atoms with Gasteiger partial charge in [-0.3, -0.25) is 0 Å². The fraction of sp³-hybridized carbons (Fsp3) is 0.308. The minimum atomic E-state index is 0.432. The Hall–Kier alpha value is -1.28. The minimum Gasteiger partial charge on any atom is -0.356 e. The Labute approximate surface area is 99.2 Å². The molecular weight excluding hydrogens is 222 g/mol. The lowest BCUT2D eigenvalue weighted by molar-refractivity contribution is 0.426. The van der Waals surface area contributed by atoms with E-state index in [2.05, 4.69) is 23.4 Å². The Balaban J connectivity index is 2.22. The first-order chi connectivity index (χ1) is 7.90. The van der Waals surface area contributed by atoms with E-state index in [1.165, 1.54) is 16.7 Å². The SMILES string of the molecule is ClCc1noc2c1CCCc1ccccc1-2. The van der Waals surface area contributed by atoms with Crippen molar-refractivity contribution in [1.29, 1.82) is 0 Å². The van der Waals surface area contributed by atoms with Crippen molar-refractivity contribution in [2.45, 2.75) is 25.1 Å². The predicted octanol–water partition coefficient (Wildman–Crippen LogP) is 3.57. The summed E-state index contributed by atoms with van der Waals surface area (Å²) in [5.41, 5.74) is 4.62. The molecule has 0 atom stereocenters. The average Bonchev–Trinajstić information content (AvgIpc) is 2.64. The van der Waals surface area contributed by atoms with Gasteiger partial charge in [-0.2, -0.15) is 0 Å². The van der Waals surface area contributed by atoms with Crippen LogP contribution in [0.3, 0.4) is 0 Å². The molecule has 0 radical (unpaired) electrons. The van der Waals surface area contributed by atoms with Gasteiger partial charge in [-0.1, -0.05) is 29.4 Å². The van der Waals surface area contributed by atoms with Gasteiger partial charge in [-0.15, -0.1) is 11.6 Å². The normalized spacial score (nSPS) is 14.1. The number of alkyl halides is 1. The van der Waals surface area contributed by atoms with E-state index in [1.807, 2.05) is 6.07 Å². The predicted molar refractivity (Wildman–Crippen MR) is 63.5 cm³/mol. The van der Waals surface area contributed by atoms with Gasteiger partial charge in [0.1, 0.15) is 5.69 Å². The third-order valence-electron chi connectivity index (χ3n) is 3.13. The van der Waals surface area contributed by atoms with Crippen molar-refractivity contribution in [3.8, 4) is 11.3 Å². The molecule has 1 heterocycles. The second-order valence-corrected chi connectivity index (χ2v) is 4.35. The van der Waals surface area contributed by atoms with Crippen LogP contribution in [0.4, 0.5) is 0 Å². The number of fused-ring (bicyclic) bond motifs is 3. The molecule has 0 spiro atoms. The van der Waals surface area contributed by atoms with Crippen LogP contribution in [0, 0.1) is 0 Å². The van der Waals surface area contributed by atoms with Crippen LogP contribution in [-0.4, -0.2) is 5.16 Å². The third kappa shape index (κ3) is 1.45. The number of hydrogen-bond donors (Lipinski definition) is 0. The van der Waals surface area contributed by atoms with Gasteiger partial charge in [0.2, 0.25) is 0 Å². The monoisotopic (exact) mass is 233 g/mol. The molecule has 16 heavy (non-hydrogen) atoms. The smallest absolute Gasteiger partial charge is 0.170 e. The van der Waals surface area contributed by atoms with E-state index in [0.29, 0.717) is 5.88 Å². The summed E-state index contributed by atoms with van der Waals surface area (Å²) in [5.74, 6) is 1.35. The molecule has 3 rings (SSSR count). The standard InChI is InChI=1S/C13H12ClNO/c14-8-12-11-7-3-5-9-4-1-2-6-10(9)13(11)16-15-12/h1-2,4,6H,3,5,7-8H2. The lowest BCUT2D eigenvalue weighted by atomic mass is 10.0. The first-order valence-electron chi connectivity index (χ1n) is 5.52. The zero-order valence-electron chi connectivity index (χ0n) is 8.87. The topological polar surface area (TPSA) is 26.0 Å². The molecule has 0 aliphatic heterocycles. The maximum Gasteiger partial charge on any atom is 0.170 e. The van der Waals surface area contributed by atoms with E-state index in [1.54, 1.807) is 0 Å². The highest BCUT2D eigenvalue weighted by Crippen LogP contribution is 2.34. The Bertz CT molecular complexity index is 518. The van der Waals surface area contributed by atoms with Crippen LogP contribution in [0.2, 0.25) is 0 Å². The second kappa shape index (κ2) is 3.95. The molecule has 0 N–H and O–H groups in total. The summed E-state index contributed by atoms with van der Waals surface area (Å²) >= 11 is 5.86. The molecule has 0 unspecified atom stereocenters. The van der Waals surface area contributed by atoms with Crippen molar-refractivity contribution in [3.63, 3.8) is 0 Å². The molecule has 0 saturated carbocycles. The molecule has 1 aliphatic rings. The number of hydrogen-bond acceptors (Lipinski definition) is 2. The summed E-state index contributed by atoms with van der Waals surface area (Å²) in [5, 5.41) is 4.05. The maximum absolute atomic E-state index is 5.86. The van der Waals surface area contributed by atoms with E-state index in [4.69, 9.17) is 16.1 Å². The molecule has 1 aliphatic carbocycles. The van der Waals surface area contributed by atoms with Crippen molar-refractivity contribution in [2.24, 2.45) is 0 Å². The van der Waals surface area contributed by atoms with Crippen molar-refractivity contribution >= 4 is 11.6 Å². The molecule has 0 saturated heterocycles. The number of aryl methyl sites for hydroxylation is 1. The van der Waals surface area contributed by atoms with Crippen LogP contribution in [0.5, 0.6) is 0 Å². The summed E-state index contributed by atoms with van der Waals surface area (Å²) in [4.78, 5) is 0. The Morgan fingerprint density at radius 2 is 2.12 bits per heavy atom. The molecule has 2 aromatic rings. The van der Waals surface area contributed by atoms with Gasteiger partial charge in [0.25, 0.3) is 0 Å². The molecule has 3 heteroatoms. The maximum atomic E-state index is 5.86. The van der Waals surface area contributed by atoms with E-state index >= 15 is 0 Å². The van der Waals surface area contributed by atoms with Crippen LogP contribution in [0.1, 0.15) is 23.2 Å². The number of nitrogens with zero attached hydrogens (tertiary/aromatic N) is 1. The van der Waals surface area contributed by atoms with Gasteiger partial charge in [0.05, 0.1) is 5.88 Å². The molecule has 1 aromatic heterocycles. The van der Waals surface area contributed by atoms with Crippen molar-refractivity contribution in [1.82, 2.24) is 5.16 Å². The number of aromatic nitrogens is 1. The van der Waals surface area contributed by atoms with Crippen molar-refractivity contribution in [3.05, 3.63) is 41.1 Å². The fourth-order valence-electron chi connectivity index (χ4n) is 2.33. The Morgan fingerprint density at radius 1 is 1.25 bits per heavy atom. The molecule has 2 nitrogen and oxygen atoms in total. The zero-order chi connectivity index (χ0) is 11.0. The largest absolute Gasteiger partial charge is 0.356 e. The first kappa shape index (κ1) is 9.91. The average molecular weight is 234 g/mol. The van der Waals surface area contributed by atoms with Gasteiger partial charge >= 0.3 is 0 Å². The van der Waals surface area contributed by atoms with Crippen LogP contribution >= 0.6 is 11.6 Å². The molecule has 0 fully saturated rings. The lowest BCUT2D eigenvalue weighted by Gasteiger charge is -2.02. The quantitative estimate of drug-likeness (QED) is 0.704. The second-order valence-electron chi connectivity index (χ2n) is 4.08. The molecule has 0 bridgehead atoms. The number of rotatable bonds is 1. The molecular formula is C13H12ClNO. The van der Waals surface area contributed by atoms with E-state index in [-0.39, 0.29) is 0 Å². The summed E-state index contributed by atoms with van der Waals surface area (Å²) in [6.07, 6.45) is 3.24. The highest BCUT2D eigenvalue weighted by Gasteiger charge is 2.21. The number of halogens is 1. The third-order valence-corrected chi connectivity index (χ3v) is 3.38. The number of benzene rings is 1. The van der Waals surface area contributed by atoms with Crippen LogP contribution in [-0.2, 0) is 18.7 Å². The summed E-state index contributed by atoms with van der Waals surface area (Å²) in [6.45, 7) is 0. The summed E-state index contributed by atoms with van der Waals surface area (Å²) in [6, 6.07) is 8.37. The van der Waals surface area contributed by atoms with Gasteiger partial charge in [-0.25, -0.2) is 0 Å². The first-order valence-corrected chi connectivity index (χ1v) is 6.05. The highest BCUT2D eigenvalue weighted by atomic mass is 35.5. The van der Waals surface area contributed by atoms with Crippen LogP contribution < -0.4 is 0 Å². The molecule has 0 amide bonds. The Kier molecular flexibility index (Phi) is 2.44. The molecule has 82 valence electrons.